The first-order valence-corrected chi connectivity index (χ1v) is 7.68. The van der Waals surface area contributed by atoms with E-state index in [0.717, 1.165) is 37.7 Å². The zero-order valence-electron chi connectivity index (χ0n) is 11.9. The molecule has 2 fully saturated rings. The molecule has 4 rings (SSSR count). The molecule has 2 saturated carbocycles. The van der Waals surface area contributed by atoms with E-state index in [1.54, 1.807) is 6.07 Å². The molecule has 1 aromatic carbocycles. The Morgan fingerprint density at radius 3 is 2.95 bits per heavy atom. The van der Waals surface area contributed by atoms with Gasteiger partial charge in [0, 0.05) is 0 Å². The Morgan fingerprint density at radius 2 is 2.10 bits per heavy atom. The summed E-state index contributed by atoms with van der Waals surface area (Å²) < 4.78 is 6.20. The zero-order chi connectivity index (χ0) is 14.0. The van der Waals surface area contributed by atoms with Crippen LogP contribution in [0.5, 0.6) is 5.75 Å². The van der Waals surface area contributed by atoms with E-state index in [4.69, 9.17) is 4.74 Å². The van der Waals surface area contributed by atoms with Crippen molar-refractivity contribution in [2.45, 2.75) is 57.3 Å². The lowest BCUT2D eigenvalue weighted by Gasteiger charge is -2.46. The number of aliphatic hydroxyl groups is 1. The monoisotopic (exact) mass is 274 g/mol. The second kappa shape index (κ2) is 3.99. The van der Waals surface area contributed by atoms with Gasteiger partial charge in [0.1, 0.15) is 5.75 Å². The maximum atomic E-state index is 10.3. The smallest absolute Gasteiger partial charge is 0.115 e. The Bertz CT molecular complexity index is 555. The van der Waals surface area contributed by atoms with Gasteiger partial charge >= 0.3 is 0 Å². The molecule has 3 nitrogen and oxygen atoms in total. The summed E-state index contributed by atoms with van der Waals surface area (Å²) >= 11 is 0. The molecule has 0 saturated heterocycles. The van der Waals surface area contributed by atoms with Crippen molar-refractivity contribution in [3.8, 4) is 5.75 Å². The van der Waals surface area contributed by atoms with Gasteiger partial charge in [-0.2, -0.15) is 0 Å². The highest BCUT2D eigenvalue weighted by atomic mass is 16.5. The number of benzene rings is 1. The minimum absolute atomic E-state index is 0.0777. The Hall–Kier alpha value is -1.06. The number of aromatic hydroxyl groups is 1. The van der Waals surface area contributed by atoms with Gasteiger partial charge in [-0.05, 0) is 66.7 Å². The Kier molecular flexibility index (Phi) is 2.52. The van der Waals surface area contributed by atoms with Crippen LogP contribution in [-0.2, 0) is 16.9 Å². The maximum absolute atomic E-state index is 10.3. The lowest BCUT2D eigenvalue weighted by atomic mass is 9.62. The van der Waals surface area contributed by atoms with E-state index < -0.39 is 0 Å². The van der Waals surface area contributed by atoms with E-state index in [9.17, 15) is 10.2 Å². The normalized spacial score (nSPS) is 42.7. The van der Waals surface area contributed by atoms with Crippen LogP contribution in [0.4, 0.5) is 0 Å². The van der Waals surface area contributed by atoms with Crippen molar-refractivity contribution in [1.82, 2.24) is 0 Å². The quantitative estimate of drug-likeness (QED) is 0.764. The number of rotatable bonds is 0. The summed E-state index contributed by atoms with van der Waals surface area (Å²) in [5, 5.41) is 19.9. The third-order valence-corrected chi connectivity index (χ3v) is 6.21. The van der Waals surface area contributed by atoms with Gasteiger partial charge in [-0.25, -0.2) is 0 Å². The predicted molar refractivity (Wildman–Crippen MR) is 75.3 cm³/mol. The van der Waals surface area contributed by atoms with Crippen LogP contribution in [0.1, 0.15) is 50.2 Å². The van der Waals surface area contributed by atoms with Crippen LogP contribution in [0.2, 0.25) is 0 Å². The first-order valence-electron chi connectivity index (χ1n) is 7.68. The van der Waals surface area contributed by atoms with E-state index in [2.05, 4.69) is 6.92 Å². The number of ether oxygens (including phenoxy) is 1. The highest BCUT2D eigenvalue weighted by molar-refractivity contribution is 5.41. The van der Waals surface area contributed by atoms with E-state index in [0.29, 0.717) is 18.3 Å². The van der Waals surface area contributed by atoms with Gasteiger partial charge in [-0.1, -0.05) is 13.0 Å². The van der Waals surface area contributed by atoms with E-state index >= 15 is 0 Å². The molecule has 2 N–H and O–H groups in total. The molecule has 0 aromatic heterocycles. The van der Waals surface area contributed by atoms with Crippen LogP contribution >= 0.6 is 0 Å². The van der Waals surface area contributed by atoms with Crippen LogP contribution in [-0.4, -0.2) is 16.3 Å². The number of phenols is 1. The van der Waals surface area contributed by atoms with Crippen LogP contribution in [0.25, 0.3) is 0 Å². The van der Waals surface area contributed by atoms with Gasteiger partial charge < -0.3 is 14.9 Å². The average Bonchev–Trinajstić information content (AvgIpc) is 2.91. The van der Waals surface area contributed by atoms with Crippen molar-refractivity contribution in [2.24, 2.45) is 11.3 Å². The molecule has 108 valence electrons. The minimum Gasteiger partial charge on any atom is -0.508 e. The summed E-state index contributed by atoms with van der Waals surface area (Å²) in [6.07, 6.45) is 4.91. The van der Waals surface area contributed by atoms with Crippen molar-refractivity contribution in [1.29, 1.82) is 0 Å². The fraction of sp³-hybridized carbons (Fsp3) is 0.647. The number of hydrogen-bond donors (Lipinski definition) is 2. The summed E-state index contributed by atoms with van der Waals surface area (Å²) in [4.78, 5) is 0. The van der Waals surface area contributed by atoms with E-state index in [1.807, 2.05) is 12.1 Å². The lowest BCUT2D eigenvalue weighted by Crippen LogP contribution is -2.43. The van der Waals surface area contributed by atoms with Gasteiger partial charge in [0.15, 0.2) is 0 Å². The molecule has 0 amide bonds. The van der Waals surface area contributed by atoms with Crippen molar-refractivity contribution in [3.05, 3.63) is 29.3 Å². The fourth-order valence-corrected chi connectivity index (χ4v) is 4.78. The predicted octanol–water partition coefficient (Wildman–Crippen LogP) is 3.08. The molecule has 4 atom stereocenters. The lowest BCUT2D eigenvalue weighted by molar-refractivity contribution is -0.118. The Labute approximate surface area is 119 Å². The van der Waals surface area contributed by atoms with Gasteiger partial charge in [-0.15, -0.1) is 0 Å². The maximum Gasteiger partial charge on any atom is 0.115 e. The van der Waals surface area contributed by atoms with Crippen molar-refractivity contribution < 1.29 is 14.9 Å². The van der Waals surface area contributed by atoms with Gasteiger partial charge in [0.2, 0.25) is 0 Å². The molecule has 1 heterocycles. The fourth-order valence-electron chi connectivity index (χ4n) is 4.78. The number of fused-ring (bicyclic) bond motifs is 3. The van der Waals surface area contributed by atoms with Gasteiger partial charge in [-0.3, -0.25) is 0 Å². The summed E-state index contributed by atoms with van der Waals surface area (Å²) in [5.74, 6) is 0.868. The molecule has 3 heteroatoms. The highest BCUT2D eigenvalue weighted by Crippen LogP contribution is 2.59. The summed E-state index contributed by atoms with van der Waals surface area (Å²) in [6.45, 7) is 2.85. The van der Waals surface area contributed by atoms with Crippen molar-refractivity contribution >= 4 is 0 Å². The van der Waals surface area contributed by atoms with Crippen LogP contribution < -0.4 is 0 Å². The van der Waals surface area contributed by atoms with E-state index in [-0.39, 0.29) is 17.1 Å². The molecule has 2 aliphatic carbocycles. The molecule has 20 heavy (non-hydrogen) atoms. The topological polar surface area (TPSA) is 49.7 Å². The summed E-state index contributed by atoms with van der Waals surface area (Å²) in [6, 6.07) is 5.64. The molecule has 0 unspecified atom stereocenters. The molecule has 0 radical (unpaired) electrons. The number of aliphatic hydroxyl groups excluding tert-OH is 1. The Morgan fingerprint density at radius 1 is 1.25 bits per heavy atom. The van der Waals surface area contributed by atoms with Crippen molar-refractivity contribution in [2.75, 3.05) is 0 Å². The largest absolute Gasteiger partial charge is 0.508 e. The SMILES string of the molecule is C[C@]12CC[C@@]3(C[C@H]1CC[C@H]2O)OCc1cc(O)ccc13. The van der Waals surface area contributed by atoms with Crippen molar-refractivity contribution in [3.63, 3.8) is 0 Å². The molecule has 1 spiro atoms. The molecule has 1 aliphatic heterocycles. The second-order valence-corrected chi connectivity index (χ2v) is 7.12. The first kappa shape index (κ1) is 12.7. The third-order valence-electron chi connectivity index (χ3n) is 6.21. The van der Waals surface area contributed by atoms with Crippen LogP contribution in [0.15, 0.2) is 18.2 Å². The molecule has 0 bridgehead atoms. The number of hydrogen-bond acceptors (Lipinski definition) is 3. The average molecular weight is 274 g/mol. The molecule has 3 aliphatic rings. The Balaban J connectivity index is 1.69. The summed E-state index contributed by atoms with van der Waals surface area (Å²) in [7, 11) is 0. The summed E-state index contributed by atoms with van der Waals surface area (Å²) in [5.41, 5.74) is 2.30. The second-order valence-electron chi connectivity index (χ2n) is 7.12. The van der Waals surface area contributed by atoms with Crippen LogP contribution in [0.3, 0.4) is 0 Å². The van der Waals surface area contributed by atoms with Gasteiger partial charge in [0.05, 0.1) is 18.3 Å². The minimum atomic E-state index is -0.169. The molecule has 1 aromatic rings. The van der Waals surface area contributed by atoms with Crippen LogP contribution in [0, 0.1) is 11.3 Å². The zero-order valence-corrected chi connectivity index (χ0v) is 11.9. The van der Waals surface area contributed by atoms with E-state index in [1.165, 1.54) is 5.56 Å². The third kappa shape index (κ3) is 1.54. The standard InChI is InChI=1S/C17H22O3/c1-16-6-7-17(9-12(16)2-5-15(16)19)14-4-3-13(18)8-11(14)10-20-17/h3-4,8,12,15,18-19H,2,5-7,9-10H2,1H3/t12-,15-,16+,17+/m1/s1. The first-order chi connectivity index (χ1) is 9.53. The highest BCUT2D eigenvalue weighted by Gasteiger charge is 2.55. The number of phenolic OH excluding ortho intramolecular Hbond substituents is 1. The molecular weight excluding hydrogens is 252 g/mol. The molecular formula is C17H22O3. The van der Waals surface area contributed by atoms with Gasteiger partial charge in [0.25, 0.3) is 0 Å².